The predicted octanol–water partition coefficient (Wildman–Crippen LogP) is 4.06. The van der Waals surface area contributed by atoms with Crippen LogP contribution in [-0.2, 0) is 9.84 Å². The monoisotopic (exact) mass is 403 g/mol. The summed E-state index contributed by atoms with van der Waals surface area (Å²) in [6.07, 6.45) is 0.382. The van der Waals surface area contributed by atoms with Gasteiger partial charge in [0, 0.05) is 23.0 Å². The van der Waals surface area contributed by atoms with Gasteiger partial charge in [0.1, 0.15) is 0 Å². The highest BCUT2D eigenvalue weighted by atomic mass is 35.5. The Hall–Kier alpha value is -1.08. The van der Waals surface area contributed by atoms with Gasteiger partial charge in [-0.2, -0.15) is 0 Å². The average molecular weight is 404 g/mol. The molecule has 1 aliphatic heterocycles. The fourth-order valence-electron chi connectivity index (χ4n) is 2.77. The molecule has 1 atom stereocenters. The van der Waals surface area contributed by atoms with Crippen LogP contribution in [0.5, 0.6) is 0 Å². The molecule has 1 aromatic carbocycles. The number of sulfone groups is 1. The van der Waals surface area contributed by atoms with Crippen molar-refractivity contribution in [3.05, 3.63) is 56.2 Å². The van der Waals surface area contributed by atoms with Crippen molar-refractivity contribution in [2.45, 2.75) is 11.7 Å². The molecule has 0 bridgehead atoms. The Morgan fingerprint density at radius 2 is 2.00 bits per heavy atom. The summed E-state index contributed by atoms with van der Waals surface area (Å²) in [6.45, 7) is 0.523. The Morgan fingerprint density at radius 1 is 1.21 bits per heavy atom. The number of halogens is 2. The number of amides is 1. The minimum Gasteiger partial charge on any atom is -0.338 e. The molecule has 2 aromatic rings. The molecular formula is C16H15Cl2NO3S2. The number of nitrogens with zero attached hydrogens (tertiary/aromatic N) is 1. The van der Waals surface area contributed by atoms with Crippen LogP contribution in [0.25, 0.3) is 0 Å². The van der Waals surface area contributed by atoms with Crippen LogP contribution >= 0.6 is 34.5 Å². The number of thiophene rings is 1. The predicted molar refractivity (Wildman–Crippen MR) is 97.8 cm³/mol. The van der Waals surface area contributed by atoms with Gasteiger partial charge in [-0.25, -0.2) is 8.42 Å². The SMILES string of the molecule is O=C(c1cc(Cl)ccc1Cl)N1CCC(c2cccs2)S(=O)(=O)CC1. The third-order valence-corrected chi connectivity index (χ3v) is 7.86. The van der Waals surface area contributed by atoms with Gasteiger partial charge >= 0.3 is 0 Å². The van der Waals surface area contributed by atoms with Crippen LogP contribution in [0.2, 0.25) is 10.0 Å². The molecule has 4 nitrogen and oxygen atoms in total. The minimum absolute atomic E-state index is 0.0561. The first-order valence-corrected chi connectivity index (χ1v) is 10.7. The smallest absolute Gasteiger partial charge is 0.255 e. The summed E-state index contributed by atoms with van der Waals surface area (Å²) in [5, 5.41) is 2.04. The molecule has 1 aromatic heterocycles. The summed E-state index contributed by atoms with van der Waals surface area (Å²) in [6, 6.07) is 8.37. The van der Waals surface area contributed by atoms with Crippen molar-refractivity contribution in [2.24, 2.45) is 0 Å². The number of carbonyl (C=O) groups is 1. The van der Waals surface area contributed by atoms with Crippen molar-refractivity contribution < 1.29 is 13.2 Å². The first-order valence-electron chi connectivity index (χ1n) is 7.38. The van der Waals surface area contributed by atoms with Crippen molar-refractivity contribution in [2.75, 3.05) is 18.8 Å². The zero-order valence-electron chi connectivity index (χ0n) is 12.6. The molecule has 1 amide bonds. The Labute approximate surface area is 154 Å². The highest BCUT2D eigenvalue weighted by Crippen LogP contribution is 2.33. The van der Waals surface area contributed by atoms with E-state index < -0.39 is 15.1 Å². The molecule has 1 unspecified atom stereocenters. The lowest BCUT2D eigenvalue weighted by Gasteiger charge is -2.20. The van der Waals surface area contributed by atoms with E-state index in [4.69, 9.17) is 23.2 Å². The second-order valence-corrected chi connectivity index (χ2v) is 9.70. The highest BCUT2D eigenvalue weighted by molar-refractivity contribution is 7.91. The topological polar surface area (TPSA) is 54.5 Å². The van der Waals surface area contributed by atoms with Gasteiger partial charge in [0.25, 0.3) is 5.91 Å². The number of carbonyl (C=O) groups excluding carboxylic acids is 1. The summed E-state index contributed by atoms with van der Waals surface area (Å²) in [5.74, 6) is -0.344. The van der Waals surface area contributed by atoms with Gasteiger partial charge in [-0.3, -0.25) is 4.79 Å². The van der Waals surface area contributed by atoms with E-state index in [0.717, 1.165) is 4.88 Å². The first kappa shape index (κ1) is 17.7. The summed E-state index contributed by atoms with van der Waals surface area (Å²) in [4.78, 5) is 15.1. The van der Waals surface area contributed by atoms with Gasteiger partial charge in [-0.05, 0) is 36.1 Å². The van der Waals surface area contributed by atoms with Crippen LogP contribution in [0.1, 0.15) is 26.9 Å². The second kappa shape index (κ2) is 7.04. The van der Waals surface area contributed by atoms with Crippen LogP contribution in [-0.4, -0.2) is 38.1 Å². The van der Waals surface area contributed by atoms with Crippen molar-refractivity contribution >= 4 is 50.3 Å². The highest BCUT2D eigenvalue weighted by Gasteiger charge is 2.33. The maximum absolute atomic E-state index is 12.7. The van der Waals surface area contributed by atoms with Crippen molar-refractivity contribution in [1.82, 2.24) is 4.90 Å². The molecule has 8 heteroatoms. The van der Waals surface area contributed by atoms with Crippen LogP contribution in [0.15, 0.2) is 35.7 Å². The van der Waals surface area contributed by atoms with Crippen molar-refractivity contribution in [3.8, 4) is 0 Å². The van der Waals surface area contributed by atoms with E-state index in [0.29, 0.717) is 28.6 Å². The summed E-state index contributed by atoms with van der Waals surface area (Å²) in [7, 11) is -3.29. The maximum Gasteiger partial charge on any atom is 0.255 e. The maximum atomic E-state index is 12.7. The van der Waals surface area contributed by atoms with Gasteiger partial charge in [0.2, 0.25) is 0 Å². The third kappa shape index (κ3) is 3.61. The summed E-state index contributed by atoms with van der Waals surface area (Å²) >= 11 is 13.5. The lowest BCUT2D eigenvalue weighted by molar-refractivity contribution is 0.0767. The van der Waals surface area contributed by atoms with E-state index >= 15 is 0 Å². The van der Waals surface area contributed by atoms with Crippen molar-refractivity contribution in [3.63, 3.8) is 0 Å². The molecule has 128 valence electrons. The summed E-state index contributed by atoms with van der Waals surface area (Å²) in [5.41, 5.74) is 0.302. The Morgan fingerprint density at radius 3 is 2.71 bits per heavy atom. The van der Waals surface area contributed by atoms with Crippen LogP contribution in [0.4, 0.5) is 0 Å². The van der Waals surface area contributed by atoms with Gasteiger partial charge < -0.3 is 4.90 Å². The number of hydrogen-bond donors (Lipinski definition) is 0. The normalized spacial score (nSPS) is 20.6. The quantitative estimate of drug-likeness (QED) is 0.759. The van der Waals surface area contributed by atoms with E-state index in [-0.39, 0.29) is 18.2 Å². The lowest BCUT2D eigenvalue weighted by Crippen LogP contribution is -2.33. The molecule has 3 rings (SSSR count). The van der Waals surface area contributed by atoms with E-state index in [1.165, 1.54) is 17.4 Å². The Balaban J connectivity index is 1.85. The molecule has 1 saturated heterocycles. The van der Waals surface area contributed by atoms with E-state index in [9.17, 15) is 13.2 Å². The molecule has 0 aliphatic carbocycles. The van der Waals surface area contributed by atoms with Crippen LogP contribution in [0, 0.1) is 0 Å². The molecule has 2 heterocycles. The van der Waals surface area contributed by atoms with Gasteiger partial charge in [0.05, 0.1) is 21.6 Å². The second-order valence-electron chi connectivity index (χ2n) is 5.58. The van der Waals surface area contributed by atoms with E-state index in [2.05, 4.69) is 0 Å². The van der Waals surface area contributed by atoms with Crippen LogP contribution < -0.4 is 0 Å². The molecule has 1 aliphatic rings. The third-order valence-electron chi connectivity index (χ3n) is 4.05. The molecule has 0 radical (unpaired) electrons. The molecule has 0 saturated carbocycles. The zero-order valence-corrected chi connectivity index (χ0v) is 15.8. The lowest BCUT2D eigenvalue weighted by atomic mass is 10.1. The number of benzene rings is 1. The largest absolute Gasteiger partial charge is 0.338 e. The number of rotatable bonds is 2. The molecule has 0 spiro atoms. The number of hydrogen-bond acceptors (Lipinski definition) is 4. The molecule has 1 fully saturated rings. The van der Waals surface area contributed by atoms with Gasteiger partial charge in [-0.15, -0.1) is 11.3 Å². The van der Waals surface area contributed by atoms with Crippen molar-refractivity contribution in [1.29, 1.82) is 0 Å². The molecule has 24 heavy (non-hydrogen) atoms. The van der Waals surface area contributed by atoms with Crippen LogP contribution in [0.3, 0.4) is 0 Å². The first-order chi connectivity index (χ1) is 11.4. The summed E-state index contributed by atoms with van der Waals surface area (Å²) < 4.78 is 25.1. The fraction of sp³-hybridized carbons (Fsp3) is 0.312. The van der Waals surface area contributed by atoms with E-state index in [1.807, 2.05) is 17.5 Å². The average Bonchev–Trinajstić information content (AvgIpc) is 3.00. The Kier molecular flexibility index (Phi) is 5.20. The molecular weight excluding hydrogens is 389 g/mol. The molecule has 0 N–H and O–H groups in total. The fourth-order valence-corrected chi connectivity index (χ4v) is 6.15. The van der Waals surface area contributed by atoms with Gasteiger partial charge in [-0.1, -0.05) is 29.3 Å². The standard InChI is InChI=1S/C16H15Cl2NO3S2/c17-11-3-4-13(18)12(10-11)16(20)19-6-5-15(14-2-1-8-23-14)24(21,22)9-7-19/h1-4,8,10,15H,5-7,9H2. The van der Waals surface area contributed by atoms with Gasteiger partial charge in [0.15, 0.2) is 9.84 Å². The zero-order chi connectivity index (χ0) is 17.3. The Bertz CT molecular complexity index is 850. The minimum atomic E-state index is -3.29. The van der Waals surface area contributed by atoms with E-state index in [1.54, 1.807) is 17.0 Å².